The second-order valence-electron chi connectivity index (χ2n) is 7.38. The van der Waals surface area contributed by atoms with Gasteiger partial charge in [-0.2, -0.15) is 0 Å². The molecule has 3 rings (SSSR count). The first kappa shape index (κ1) is 20.2. The molecule has 5 nitrogen and oxygen atoms in total. The molecular formula is C23H27NO4. The predicted octanol–water partition coefficient (Wildman–Crippen LogP) is 2.88. The number of hydrogen-bond acceptors (Lipinski definition) is 5. The fourth-order valence-electron chi connectivity index (χ4n) is 3.80. The van der Waals surface area contributed by atoms with Crippen LogP contribution in [0.5, 0.6) is 0 Å². The number of hydrogen-bond donors (Lipinski definition) is 2. The van der Waals surface area contributed by atoms with Crippen molar-refractivity contribution in [1.29, 1.82) is 0 Å². The van der Waals surface area contributed by atoms with E-state index in [0.717, 1.165) is 29.8 Å². The number of nitrogens with zero attached hydrogens (tertiary/aromatic N) is 1. The first-order chi connectivity index (χ1) is 13.4. The lowest BCUT2D eigenvalue weighted by molar-refractivity contribution is -0.143. The van der Waals surface area contributed by atoms with Gasteiger partial charge in [-0.1, -0.05) is 36.4 Å². The minimum atomic E-state index is -0.938. The largest absolute Gasteiger partial charge is 0.469 e. The van der Waals surface area contributed by atoms with Gasteiger partial charge in [0.15, 0.2) is 0 Å². The van der Waals surface area contributed by atoms with Gasteiger partial charge in [0.05, 0.1) is 25.7 Å². The molecule has 148 valence electrons. The van der Waals surface area contributed by atoms with Gasteiger partial charge >= 0.3 is 5.97 Å². The number of rotatable bonds is 6. The van der Waals surface area contributed by atoms with Crippen LogP contribution in [0.4, 0.5) is 0 Å². The van der Waals surface area contributed by atoms with Gasteiger partial charge in [0, 0.05) is 24.2 Å². The molecular weight excluding hydrogens is 354 g/mol. The molecule has 0 saturated carbocycles. The summed E-state index contributed by atoms with van der Waals surface area (Å²) >= 11 is 0. The number of aryl methyl sites for hydroxylation is 1. The van der Waals surface area contributed by atoms with Crippen molar-refractivity contribution in [3.05, 3.63) is 69.5 Å². The van der Waals surface area contributed by atoms with Crippen molar-refractivity contribution in [2.24, 2.45) is 0 Å². The van der Waals surface area contributed by atoms with Gasteiger partial charge in [-0.05, 0) is 48.1 Å². The number of aromatic nitrogens is 1. The Morgan fingerprint density at radius 2 is 1.89 bits per heavy atom. The Morgan fingerprint density at radius 3 is 2.57 bits per heavy atom. The van der Waals surface area contributed by atoms with Crippen molar-refractivity contribution in [3.8, 4) is 0 Å². The summed E-state index contributed by atoms with van der Waals surface area (Å²) in [6.45, 7) is 4.07. The minimum Gasteiger partial charge on any atom is -0.469 e. The number of pyridine rings is 1. The summed E-state index contributed by atoms with van der Waals surface area (Å²) in [6, 6.07) is 8.46. The number of carbonyl (C=O) groups excluding carboxylic acids is 1. The van der Waals surface area contributed by atoms with E-state index < -0.39 is 18.2 Å². The van der Waals surface area contributed by atoms with E-state index in [1.165, 1.54) is 29.4 Å². The molecule has 0 bridgehead atoms. The molecule has 2 unspecified atom stereocenters. The first-order valence-corrected chi connectivity index (χ1v) is 9.56. The highest BCUT2D eigenvalue weighted by Crippen LogP contribution is 2.31. The number of aliphatic hydroxyl groups is 2. The van der Waals surface area contributed by atoms with Crippen molar-refractivity contribution in [2.75, 3.05) is 7.11 Å². The van der Waals surface area contributed by atoms with Crippen molar-refractivity contribution in [3.63, 3.8) is 0 Å². The van der Waals surface area contributed by atoms with Crippen molar-refractivity contribution in [1.82, 2.24) is 4.98 Å². The van der Waals surface area contributed by atoms with Crippen LogP contribution in [0.1, 0.15) is 52.0 Å². The monoisotopic (exact) mass is 381 g/mol. The predicted molar refractivity (Wildman–Crippen MR) is 108 cm³/mol. The fraction of sp³-hybridized carbons (Fsp3) is 0.391. The summed E-state index contributed by atoms with van der Waals surface area (Å²) in [4.78, 5) is 16.0. The Kier molecular flexibility index (Phi) is 6.27. The average Bonchev–Trinajstić information content (AvgIpc) is 2.66. The van der Waals surface area contributed by atoms with Crippen LogP contribution in [0.15, 0.2) is 30.3 Å². The third-order valence-electron chi connectivity index (χ3n) is 5.37. The fourth-order valence-corrected chi connectivity index (χ4v) is 3.80. The molecule has 1 aromatic carbocycles. The van der Waals surface area contributed by atoms with E-state index in [2.05, 4.69) is 35.9 Å². The lowest BCUT2D eigenvalue weighted by Crippen LogP contribution is -2.20. The van der Waals surface area contributed by atoms with E-state index in [1.807, 2.05) is 13.0 Å². The molecule has 28 heavy (non-hydrogen) atoms. The Bertz CT molecular complexity index is 904. The molecule has 1 aromatic heterocycles. The lowest BCUT2D eigenvalue weighted by atomic mass is 9.85. The Morgan fingerprint density at radius 1 is 1.21 bits per heavy atom. The first-order valence-electron chi connectivity index (χ1n) is 9.56. The van der Waals surface area contributed by atoms with Crippen LogP contribution in [0, 0.1) is 13.8 Å². The molecule has 2 aromatic rings. The zero-order valence-corrected chi connectivity index (χ0v) is 16.6. The molecule has 2 atom stereocenters. The highest BCUT2D eigenvalue weighted by atomic mass is 16.5. The highest BCUT2D eigenvalue weighted by molar-refractivity contribution is 5.69. The Hall–Kier alpha value is -2.50. The van der Waals surface area contributed by atoms with E-state index in [-0.39, 0.29) is 12.8 Å². The maximum Gasteiger partial charge on any atom is 0.308 e. The van der Waals surface area contributed by atoms with Gasteiger partial charge < -0.3 is 14.9 Å². The second kappa shape index (κ2) is 8.67. The number of carbonyl (C=O) groups is 1. The van der Waals surface area contributed by atoms with Crippen LogP contribution < -0.4 is 0 Å². The minimum absolute atomic E-state index is 0.0788. The maximum atomic E-state index is 11.2. The smallest absolute Gasteiger partial charge is 0.308 e. The standard InChI is InChI=1S/C23H27NO4/c1-14-20(9-8-18(25)12-19(26)13-23(27)28-3)15(2)24-22-11-17-7-5-4-6-16(17)10-21(14)22/h4-9,18-19,25-26H,10-13H2,1-3H3/b9-8+. The summed E-state index contributed by atoms with van der Waals surface area (Å²) < 4.78 is 4.53. The van der Waals surface area contributed by atoms with Crippen molar-refractivity contribution in [2.45, 2.75) is 51.7 Å². The van der Waals surface area contributed by atoms with Gasteiger partial charge in [-0.25, -0.2) is 0 Å². The second-order valence-corrected chi connectivity index (χ2v) is 7.38. The third-order valence-corrected chi connectivity index (χ3v) is 5.37. The summed E-state index contributed by atoms with van der Waals surface area (Å²) in [7, 11) is 1.28. The zero-order valence-electron chi connectivity index (χ0n) is 16.6. The third kappa shape index (κ3) is 4.49. The van der Waals surface area contributed by atoms with E-state index in [0.29, 0.717) is 0 Å². The molecule has 1 aliphatic rings. The van der Waals surface area contributed by atoms with Gasteiger partial charge in [-0.15, -0.1) is 0 Å². The molecule has 0 spiro atoms. The van der Waals surface area contributed by atoms with Crippen LogP contribution in [0.3, 0.4) is 0 Å². The molecule has 0 aliphatic heterocycles. The van der Waals surface area contributed by atoms with Crippen molar-refractivity contribution < 1.29 is 19.7 Å². The quantitative estimate of drug-likeness (QED) is 0.642. The van der Waals surface area contributed by atoms with Crippen molar-refractivity contribution >= 4 is 12.0 Å². The van der Waals surface area contributed by atoms with Crippen LogP contribution in [-0.2, 0) is 22.4 Å². The molecule has 0 saturated heterocycles. The van der Waals surface area contributed by atoms with E-state index >= 15 is 0 Å². The molecule has 0 radical (unpaired) electrons. The number of esters is 1. The number of benzene rings is 1. The van der Waals surface area contributed by atoms with Crippen LogP contribution in [0.25, 0.3) is 6.08 Å². The number of aliphatic hydroxyl groups excluding tert-OH is 2. The molecule has 0 fully saturated rings. The summed E-state index contributed by atoms with van der Waals surface area (Å²) in [5.74, 6) is -0.491. The average molecular weight is 381 g/mol. The molecule has 2 N–H and O–H groups in total. The summed E-state index contributed by atoms with van der Waals surface area (Å²) in [6.07, 6.45) is 3.40. The van der Waals surface area contributed by atoms with Gasteiger partial charge in [-0.3, -0.25) is 9.78 Å². The highest BCUT2D eigenvalue weighted by Gasteiger charge is 2.20. The summed E-state index contributed by atoms with van der Waals surface area (Å²) in [5.41, 5.74) is 8.15. The lowest BCUT2D eigenvalue weighted by Gasteiger charge is -2.23. The van der Waals surface area contributed by atoms with Crippen LogP contribution >= 0.6 is 0 Å². The number of ether oxygens (including phenoxy) is 1. The van der Waals surface area contributed by atoms with E-state index in [9.17, 15) is 15.0 Å². The van der Waals surface area contributed by atoms with E-state index in [1.54, 1.807) is 6.08 Å². The van der Waals surface area contributed by atoms with Gasteiger partial charge in [0.2, 0.25) is 0 Å². The maximum absolute atomic E-state index is 11.2. The summed E-state index contributed by atoms with van der Waals surface area (Å²) in [5, 5.41) is 20.1. The van der Waals surface area contributed by atoms with Gasteiger partial charge in [0.25, 0.3) is 0 Å². The van der Waals surface area contributed by atoms with Gasteiger partial charge in [0.1, 0.15) is 0 Å². The molecule has 1 aliphatic carbocycles. The molecule has 0 amide bonds. The number of methoxy groups -OCH3 is 1. The van der Waals surface area contributed by atoms with Crippen LogP contribution in [-0.4, -0.2) is 40.5 Å². The SMILES string of the molecule is COC(=O)CC(O)CC(O)/C=C/c1c(C)nc2c(c1C)Cc1ccccc1C2. The number of fused-ring (bicyclic) bond motifs is 2. The Balaban J connectivity index is 1.77. The molecule has 1 heterocycles. The zero-order chi connectivity index (χ0) is 20.3. The topological polar surface area (TPSA) is 79.7 Å². The van der Waals surface area contributed by atoms with E-state index in [4.69, 9.17) is 4.98 Å². The molecule has 5 heteroatoms. The normalized spacial score (nSPS) is 15.0. The van der Waals surface area contributed by atoms with Crippen LogP contribution in [0.2, 0.25) is 0 Å². The Labute approximate surface area is 165 Å².